The number of carbonyl (C=O) groups is 1. The van der Waals surface area contributed by atoms with E-state index >= 15 is 0 Å². The summed E-state index contributed by atoms with van der Waals surface area (Å²) in [5.41, 5.74) is 0. The van der Waals surface area contributed by atoms with Gasteiger partial charge in [0.1, 0.15) is 5.37 Å². The highest BCUT2D eigenvalue weighted by atomic mass is 32.2. The molecular formula is C14H21NOS2. The molecule has 1 unspecified atom stereocenters. The smallest absolute Gasteiger partial charge is 0.223 e. The molecule has 2 nitrogen and oxygen atoms in total. The van der Waals surface area contributed by atoms with E-state index < -0.39 is 0 Å². The molecule has 2 heterocycles. The Balaban J connectivity index is 1.85. The third-order valence-corrected chi connectivity index (χ3v) is 5.56. The molecule has 0 N–H and O–H groups in total. The van der Waals surface area contributed by atoms with Crippen molar-refractivity contribution in [1.82, 2.24) is 4.90 Å². The summed E-state index contributed by atoms with van der Waals surface area (Å²) in [5.74, 6) is 1.41. The Morgan fingerprint density at radius 3 is 3.06 bits per heavy atom. The van der Waals surface area contributed by atoms with E-state index in [9.17, 15) is 4.79 Å². The van der Waals surface area contributed by atoms with Gasteiger partial charge < -0.3 is 4.90 Å². The molecule has 0 aliphatic carbocycles. The Labute approximate surface area is 118 Å². The summed E-state index contributed by atoms with van der Waals surface area (Å²) >= 11 is 3.65. The summed E-state index contributed by atoms with van der Waals surface area (Å²) in [6.45, 7) is 3.12. The molecule has 0 bridgehead atoms. The van der Waals surface area contributed by atoms with E-state index in [1.165, 1.54) is 24.1 Å². The van der Waals surface area contributed by atoms with Gasteiger partial charge in [-0.2, -0.15) is 0 Å². The molecule has 4 heteroatoms. The summed E-state index contributed by atoms with van der Waals surface area (Å²) in [7, 11) is 0. The Hall–Kier alpha value is -0.480. The van der Waals surface area contributed by atoms with Crippen LogP contribution in [0.4, 0.5) is 0 Å². The highest BCUT2D eigenvalue weighted by Crippen LogP contribution is 2.40. The first-order valence-corrected chi connectivity index (χ1v) is 8.70. The molecule has 2 rings (SSSR count). The first kappa shape index (κ1) is 13.9. The molecular weight excluding hydrogens is 262 g/mol. The van der Waals surface area contributed by atoms with E-state index in [2.05, 4.69) is 29.3 Å². The molecule has 0 spiro atoms. The number of nitrogens with zero attached hydrogens (tertiary/aromatic N) is 1. The van der Waals surface area contributed by atoms with Crippen LogP contribution in [0.25, 0.3) is 0 Å². The Bertz CT molecular complexity index is 364. The maximum atomic E-state index is 12.2. The van der Waals surface area contributed by atoms with Crippen LogP contribution in [-0.2, 0) is 4.79 Å². The minimum Gasteiger partial charge on any atom is -0.325 e. The summed E-state index contributed by atoms with van der Waals surface area (Å²) in [4.78, 5) is 15.6. The first-order valence-electron chi connectivity index (χ1n) is 6.77. The van der Waals surface area contributed by atoms with Crippen LogP contribution >= 0.6 is 23.1 Å². The highest BCUT2D eigenvalue weighted by molar-refractivity contribution is 7.99. The van der Waals surface area contributed by atoms with Crippen molar-refractivity contribution in [2.24, 2.45) is 0 Å². The lowest BCUT2D eigenvalue weighted by molar-refractivity contribution is -0.131. The summed E-state index contributed by atoms with van der Waals surface area (Å²) in [6, 6.07) is 4.22. The molecule has 1 aromatic heterocycles. The fourth-order valence-electron chi connectivity index (χ4n) is 2.24. The van der Waals surface area contributed by atoms with Crippen LogP contribution in [0.1, 0.15) is 49.3 Å². The van der Waals surface area contributed by atoms with Gasteiger partial charge in [0.15, 0.2) is 0 Å². The fraction of sp³-hybridized carbons (Fsp3) is 0.643. The molecule has 18 heavy (non-hydrogen) atoms. The van der Waals surface area contributed by atoms with Gasteiger partial charge in [0.2, 0.25) is 5.91 Å². The molecule has 0 saturated carbocycles. The van der Waals surface area contributed by atoms with Gasteiger partial charge in [0, 0.05) is 23.6 Å². The minimum absolute atomic E-state index is 0.281. The minimum atomic E-state index is 0.281. The Morgan fingerprint density at radius 2 is 2.33 bits per heavy atom. The Morgan fingerprint density at radius 1 is 1.44 bits per heavy atom. The number of amides is 1. The van der Waals surface area contributed by atoms with E-state index in [0.29, 0.717) is 5.91 Å². The molecule has 1 saturated heterocycles. The lowest BCUT2D eigenvalue weighted by Gasteiger charge is -2.22. The van der Waals surface area contributed by atoms with E-state index in [1.54, 1.807) is 11.3 Å². The van der Waals surface area contributed by atoms with Crippen molar-refractivity contribution in [3.8, 4) is 0 Å². The number of hydrogen-bond acceptors (Lipinski definition) is 3. The molecule has 1 atom stereocenters. The normalized spacial score (nSPS) is 19.4. The van der Waals surface area contributed by atoms with E-state index in [-0.39, 0.29) is 5.37 Å². The largest absolute Gasteiger partial charge is 0.325 e. The number of thiophene rings is 1. The van der Waals surface area contributed by atoms with Crippen molar-refractivity contribution in [3.63, 3.8) is 0 Å². The Kier molecular flexibility index (Phi) is 5.57. The summed E-state index contributed by atoms with van der Waals surface area (Å²) in [5, 5.41) is 2.38. The number of thioether (sulfide) groups is 1. The maximum absolute atomic E-state index is 12.2. The topological polar surface area (TPSA) is 20.3 Å². The van der Waals surface area contributed by atoms with Gasteiger partial charge in [0.25, 0.3) is 0 Å². The number of carbonyl (C=O) groups excluding carboxylic acids is 1. The monoisotopic (exact) mass is 283 g/mol. The van der Waals surface area contributed by atoms with Gasteiger partial charge in [-0.3, -0.25) is 4.79 Å². The average Bonchev–Trinajstić information content (AvgIpc) is 3.02. The molecule has 1 amide bonds. The molecule has 1 aliphatic rings. The van der Waals surface area contributed by atoms with Crippen LogP contribution in [0.15, 0.2) is 17.5 Å². The van der Waals surface area contributed by atoms with Crippen molar-refractivity contribution in [3.05, 3.63) is 22.4 Å². The van der Waals surface area contributed by atoms with Gasteiger partial charge in [-0.25, -0.2) is 0 Å². The van der Waals surface area contributed by atoms with Crippen molar-refractivity contribution >= 4 is 29.0 Å². The van der Waals surface area contributed by atoms with E-state index in [4.69, 9.17) is 0 Å². The van der Waals surface area contributed by atoms with Crippen LogP contribution < -0.4 is 0 Å². The molecule has 0 aromatic carbocycles. The number of unbranched alkanes of at least 4 members (excludes halogenated alkanes) is 3. The van der Waals surface area contributed by atoms with Crippen molar-refractivity contribution in [2.75, 3.05) is 12.3 Å². The third kappa shape index (κ3) is 3.51. The first-order chi connectivity index (χ1) is 8.83. The predicted octanol–water partition coefficient (Wildman–Crippen LogP) is 4.29. The molecule has 1 aliphatic heterocycles. The molecule has 100 valence electrons. The van der Waals surface area contributed by atoms with Crippen LogP contribution in [0, 0.1) is 0 Å². The summed E-state index contributed by atoms with van der Waals surface area (Å²) in [6.07, 6.45) is 5.43. The fourth-order valence-corrected chi connectivity index (χ4v) is 4.50. The average molecular weight is 283 g/mol. The molecule has 1 fully saturated rings. The number of rotatable bonds is 6. The maximum Gasteiger partial charge on any atom is 0.223 e. The molecule has 1 aromatic rings. The van der Waals surface area contributed by atoms with Crippen molar-refractivity contribution in [1.29, 1.82) is 0 Å². The quantitative estimate of drug-likeness (QED) is 0.726. The van der Waals surface area contributed by atoms with Crippen LogP contribution in [0.3, 0.4) is 0 Å². The van der Waals surface area contributed by atoms with Crippen LogP contribution in [0.5, 0.6) is 0 Å². The lowest BCUT2D eigenvalue weighted by atomic mass is 10.1. The van der Waals surface area contributed by atoms with Gasteiger partial charge in [-0.1, -0.05) is 32.3 Å². The zero-order chi connectivity index (χ0) is 12.8. The zero-order valence-electron chi connectivity index (χ0n) is 10.9. The van der Waals surface area contributed by atoms with E-state index in [1.807, 2.05) is 11.8 Å². The lowest BCUT2D eigenvalue weighted by Crippen LogP contribution is -2.29. The standard InChI is InChI=1S/C14H21NOS2/c1-2-3-4-5-8-13(16)15-9-11-18-14(15)12-7-6-10-17-12/h6-7,10,14H,2-5,8-9,11H2,1H3. The third-order valence-electron chi connectivity index (χ3n) is 3.24. The van der Waals surface area contributed by atoms with Crippen LogP contribution in [-0.4, -0.2) is 23.1 Å². The van der Waals surface area contributed by atoms with Crippen LogP contribution in [0.2, 0.25) is 0 Å². The molecule has 0 radical (unpaired) electrons. The second-order valence-corrected chi connectivity index (χ2v) is 6.80. The zero-order valence-corrected chi connectivity index (χ0v) is 12.6. The van der Waals surface area contributed by atoms with Crippen molar-refractivity contribution in [2.45, 2.75) is 44.4 Å². The highest BCUT2D eigenvalue weighted by Gasteiger charge is 2.30. The van der Waals surface area contributed by atoms with Gasteiger partial charge in [-0.05, 0) is 17.9 Å². The second-order valence-electron chi connectivity index (χ2n) is 4.64. The van der Waals surface area contributed by atoms with E-state index in [0.717, 1.165) is 25.1 Å². The van der Waals surface area contributed by atoms with Crippen molar-refractivity contribution < 1.29 is 4.79 Å². The SMILES string of the molecule is CCCCCCC(=O)N1CCSC1c1cccs1. The van der Waals surface area contributed by atoms with Gasteiger partial charge in [0.05, 0.1) is 0 Å². The second kappa shape index (κ2) is 7.19. The summed E-state index contributed by atoms with van der Waals surface area (Å²) < 4.78 is 0. The number of hydrogen-bond donors (Lipinski definition) is 0. The van der Waals surface area contributed by atoms with Gasteiger partial charge >= 0.3 is 0 Å². The van der Waals surface area contributed by atoms with Gasteiger partial charge in [-0.15, -0.1) is 23.1 Å². The predicted molar refractivity (Wildman–Crippen MR) is 80.0 cm³/mol.